The van der Waals surface area contributed by atoms with Crippen molar-refractivity contribution in [3.63, 3.8) is 0 Å². The highest BCUT2D eigenvalue weighted by Gasteiger charge is 2.32. The molecule has 0 saturated carbocycles. The van der Waals surface area contributed by atoms with Crippen LogP contribution in [0.2, 0.25) is 0 Å². The molecule has 2 nitrogen and oxygen atoms in total. The van der Waals surface area contributed by atoms with E-state index in [2.05, 4.69) is 191 Å². The summed E-state index contributed by atoms with van der Waals surface area (Å²) in [5.41, 5.74) is 15.2. The molecule has 0 N–H and O–H groups in total. The third kappa shape index (κ3) is 3.90. The lowest BCUT2D eigenvalue weighted by Gasteiger charge is -2.34. The van der Waals surface area contributed by atoms with Crippen LogP contribution in [0.3, 0.4) is 0 Å². The number of rotatable bonds is 3. The Morgan fingerprint density at radius 1 is 0.340 bits per heavy atom. The Hall–Kier alpha value is -6.38. The van der Waals surface area contributed by atoms with Gasteiger partial charge in [-0.3, -0.25) is 0 Å². The standard InChI is InChI=1S/C48H32N2/c1-2-12-33(13-3-1)49-45-20-10-8-18-40(45)42-25-22-32(29-48(42)49)31-23-27-47-44(28-31)41-19-9-11-21-46(41)50(47)34-24-26-39-37-16-5-4-14-35(37)36-15-6-7-17-38(36)43(39)30-34/h1-30,36,38H. The second kappa shape index (κ2) is 10.6. The summed E-state index contributed by atoms with van der Waals surface area (Å²) < 4.78 is 4.86. The minimum absolute atomic E-state index is 0.325. The molecule has 2 aromatic heterocycles. The predicted molar refractivity (Wildman–Crippen MR) is 210 cm³/mol. The Morgan fingerprint density at radius 2 is 0.920 bits per heavy atom. The van der Waals surface area contributed by atoms with E-state index in [0.29, 0.717) is 11.8 Å². The van der Waals surface area contributed by atoms with Gasteiger partial charge in [0.05, 0.1) is 22.1 Å². The van der Waals surface area contributed by atoms with Gasteiger partial charge in [-0.15, -0.1) is 0 Å². The van der Waals surface area contributed by atoms with E-state index in [1.165, 1.54) is 88.4 Å². The van der Waals surface area contributed by atoms with Crippen LogP contribution in [-0.2, 0) is 0 Å². The van der Waals surface area contributed by atoms with Crippen molar-refractivity contribution < 1.29 is 0 Å². The highest BCUT2D eigenvalue weighted by molar-refractivity contribution is 6.12. The molecule has 0 fully saturated rings. The number of hydrogen-bond donors (Lipinski definition) is 0. The highest BCUT2D eigenvalue weighted by atomic mass is 15.0. The van der Waals surface area contributed by atoms with Crippen LogP contribution in [0, 0.1) is 0 Å². The van der Waals surface area contributed by atoms with E-state index in [-0.39, 0.29) is 0 Å². The van der Waals surface area contributed by atoms with Crippen molar-refractivity contribution in [1.29, 1.82) is 0 Å². The molecular weight excluding hydrogens is 605 g/mol. The van der Waals surface area contributed by atoms with Gasteiger partial charge in [0.1, 0.15) is 0 Å². The van der Waals surface area contributed by atoms with Crippen molar-refractivity contribution in [2.75, 3.05) is 0 Å². The van der Waals surface area contributed by atoms with E-state index in [0.717, 1.165) is 0 Å². The molecule has 2 unspecified atom stereocenters. The molecule has 234 valence electrons. The molecule has 2 aliphatic carbocycles. The van der Waals surface area contributed by atoms with Crippen LogP contribution in [0.1, 0.15) is 23.0 Å². The first-order valence-corrected chi connectivity index (χ1v) is 17.5. The van der Waals surface area contributed by atoms with Crippen LogP contribution < -0.4 is 0 Å². The average Bonchev–Trinajstić information content (AvgIpc) is 3.70. The molecule has 2 aliphatic rings. The molecule has 0 bridgehead atoms. The molecule has 2 heterocycles. The summed E-state index contributed by atoms with van der Waals surface area (Å²) in [5.74, 6) is 0.684. The number of hydrogen-bond acceptors (Lipinski definition) is 0. The van der Waals surface area contributed by atoms with Gasteiger partial charge >= 0.3 is 0 Å². The summed E-state index contributed by atoms with van der Waals surface area (Å²) in [4.78, 5) is 0. The van der Waals surface area contributed by atoms with Crippen molar-refractivity contribution >= 4 is 43.6 Å². The minimum atomic E-state index is 0.325. The highest BCUT2D eigenvalue weighted by Crippen LogP contribution is 2.50. The molecular formula is C48H32N2. The first-order valence-electron chi connectivity index (χ1n) is 17.5. The quantitative estimate of drug-likeness (QED) is 0.183. The van der Waals surface area contributed by atoms with E-state index in [4.69, 9.17) is 0 Å². The number of fused-ring (bicyclic) bond motifs is 12. The van der Waals surface area contributed by atoms with Crippen LogP contribution in [0.15, 0.2) is 182 Å². The van der Waals surface area contributed by atoms with E-state index in [9.17, 15) is 0 Å². The van der Waals surface area contributed by atoms with Crippen molar-refractivity contribution in [1.82, 2.24) is 9.13 Å². The van der Waals surface area contributed by atoms with Gasteiger partial charge in [0, 0.05) is 44.8 Å². The Kier molecular flexibility index (Phi) is 5.82. The summed E-state index contributed by atoms with van der Waals surface area (Å²) in [7, 11) is 0. The van der Waals surface area contributed by atoms with Gasteiger partial charge in [-0.1, -0.05) is 127 Å². The SMILES string of the molecule is C1=CC2c3ccccc3-c3ccc(-n4c5ccccc5c5cc(-c6ccc7c8ccccc8n(-c8ccccc8)c7c6)ccc54)cc3C2C=C1. The van der Waals surface area contributed by atoms with Gasteiger partial charge < -0.3 is 9.13 Å². The molecule has 2 heteroatoms. The van der Waals surface area contributed by atoms with Crippen molar-refractivity contribution in [2.24, 2.45) is 0 Å². The molecule has 2 atom stereocenters. The second-order valence-corrected chi connectivity index (χ2v) is 13.7. The molecule has 0 amide bonds. The lowest BCUT2D eigenvalue weighted by molar-refractivity contribution is 0.719. The average molecular weight is 637 g/mol. The topological polar surface area (TPSA) is 9.86 Å². The van der Waals surface area contributed by atoms with Crippen LogP contribution in [0.25, 0.3) is 77.2 Å². The smallest absolute Gasteiger partial charge is 0.0547 e. The fourth-order valence-corrected chi connectivity index (χ4v) is 8.88. The summed E-state index contributed by atoms with van der Waals surface area (Å²) in [6.07, 6.45) is 9.17. The van der Waals surface area contributed by atoms with E-state index < -0.39 is 0 Å². The van der Waals surface area contributed by atoms with Crippen LogP contribution >= 0.6 is 0 Å². The number of para-hydroxylation sites is 3. The first-order chi connectivity index (χ1) is 24.8. The molecule has 0 spiro atoms. The Bertz CT molecular complexity index is 2880. The molecule has 7 aromatic carbocycles. The summed E-state index contributed by atoms with van der Waals surface area (Å²) in [6.45, 7) is 0. The summed E-state index contributed by atoms with van der Waals surface area (Å²) >= 11 is 0. The zero-order chi connectivity index (χ0) is 32.8. The number of benzene rings is 7. The monoisotopic (exact) mass is 636 g/mol. The van der Waals surface area contributed by atoms with Crippen molar-refractivity contribution in [2.45, 2.75) is 11.8 Å². The fourth-order valence-electron chi connectivity index (χ4n) is 8.88. The van der Waals surface area contributed by atoms with Crippen LogP contribution in [0.4, 0.5) is 0 Å². The molecule has 0 aliphatic heterocycles. The number of aromatic nitrogens is 2. The van der Waals surface area contributed by atoms with Crippen molar-refractivity contribution in [3.05, 3.63) is 193 Å². The first kappa shape index (κ1) is 27.6. The molecule has 9 aromatic rings. The normalized spacial score (nSPS) is 16.2. The van der Waals surface area contributed by atoms with Crippen LogP contribution in [-0.4, -0.2) is 9.13 Å². The summed E-state index contributed by atoms with van der Waals surface area (Å²) in [6, 6.07) is 58.3. The van der Waals surface area contributed by atoms with E-state index in [1.807, 2.05) is 0 Å². The largest absolute Gasteiger partial charge is 0.309 e. The fraction of sp³-hybridized carbons (Fsp3) is 0.0417. The maximum atomic E-state index is 2.46. The number of nitrogens with zero attached hydrogens (tertiary/aromatic N) is 2. The zero-order valence-corrected chi connectivity index (χ0v) is 27.4. The molecule has 0 radical (unpaired) electrons. The predicted octanol–water partition coefficient (Wildman–Crippen LogP) is 12.5. The molecule has 50 heavy (non-hydrogen) atoms. The van der Waals surface area contributed by atoms with Gasteiger partial charge in [-0.05, 0) is 88.0 Å². The van der Waals surface area contributed by atoms with Gasteiger partial charge in [0.15, 0.2) is 0 Å². The zero-order valence-electron chi connectivity index (χ0n) is 27.4. The lowest BCUT2D eigenvalue weighted by Crippen LogP contribution is -2.16. The second-order valence-electron chi connectivity index (χ2n) is 13.7. The van der Waals surface area contributed by atoms with Gasteiger partial charge in [-0.2, -0.15) is 0 Å². The summed E-state index contributed by atoms with van der Waals surface area (Å²) in [5, 5.41) is 5.08. The van der Waals surface area contributed by atoms with Gasteiger partial charge in [0.2, 0.25) is 0 Å². The third-order valence-corrected chi connectivity index (χ3v) is 11.1. The van der Waals surface area contributed by atoms with Gasteiger partial charge in [-0.25, -0.2) is 0 Å². The van der Waals surface area contributed by atoms with E-state index >= 15 is 0 Å². The Balaban J connectivity index is 1.10. The van der Waals surface area contributed by atoms with Crippen LogP contribution in [0.5, 0.6) is 0 Å². The maximum Gasteiger partial charge on any atom is 0.0547 e. The Labute approximate surface area is 290 Å². The van der Waals surface area contributed by atoms with Crippen molar-refractivity contribution in [3.8, 4) is 33.6 Å². The van der Waals surface area contributed by atoms with E-state index in [1.54, 1.807) is 0 Å². The minimum Gasteiger partial charge on any atom is -0.309 e. The third-order valence-electron chi connectivity index (χ3n) is 11.1. The number of allylic oxidation sites excluding steroid dienone is 4. The molecule has 11 rings (SSSR count). The maximum absolute atomic E-state index is 2.46. The lowest BCUT2D eigenvalue weighted by atomic mass is 9.70. The van der Waals surface area contributed by atoms with Gasteiger partial charge in [0.25, 0.3) is 0 Å². The Morgan fingerprint density at radius 3 is 1.74 bits per heavy atom. The molecule has 0 saturated heterocycles.